The van der Waals surface area contributed by atoms with E-state index in [1.165, 1.54) is 15.0 Å². The number of rotatable bonds is 2. The number of hydrogen-bond donors (Lipinski definition) is 1. The number of ether oxygens (including phenoxy) is 1. The normalized spacial score (nSPS) is 10.8. The monoisotopic (exact) mass is 224 g/mol. The molecule has 0 N–H and O–H groups in total. The number of methoxy groups -OCH3 is 1. The van der Waals surface area contributed by atoms with Crippen LogP contribution in [-0.4, -0.2) is 7.11 Å². The molecule has 0 aliphatic heterocycles. The zero-order valence-electron chi connectivity index (χ0n) is 8.20. The van der Waals surface area contributed by atoms with Crippen molar-refractivity contribution in [1.29, 1.82) is 0 Å². The van der Waals surface area contributed by atoms with E-state index in [0.717, 1.165) is 17.1 Å². The van der Waals surface area contributed by atoms with Gasteiger partial charge in [0.2, 0.25) is 0 Å². The summed E-state index contributed by atoms with van der Waals surface area (Å²) in [4.78, 5) is 2.43. The van der Waals surface area contributed by atoms with E-state index >= 15 is 0 Å². The molecule has 3 heteroatoms. The van der Waals surface area contributed by atoms with Gasteiger partial charge in [0.15, 0.2) is 0 Å². The molecule has 1 aromatic carbocycles. The maximum absolute atomic E-state index is 5.32. The van der Waals surface area contributed by atoms with Gasteiger partial charge in [-0.1, -0.05) is 19.1 Å². The Morgan fingerprint density at radius 1 is 1.43 bits per heavy atom. The highest BCUT2D eigenvalue weighted by molar-refractivity contribution is 7.80. The van der Waals surface area contributed by atoms with Gasteiger partial charge in [-0.25, -0.2) is 0 Å². The van der Waals surface area contributed by atoms with E-state index in [9.17, 15) is 0 Å². The Bertz CT molecular complexity index is 460. The van der Waals surface area contributed by atoms with Gasteiger partial charge in [-0.3, -0.25) is 0 Å². The molecule has 0 saturated carbocycles. The first-order chi connectivity index (χ1) is 6.77. The maximum atomic E-state index is 5.32. The molecular weight excluding hydrogens is 212 g/mol. The smallest absolute Gasteiger partial charge is 0.136 e. The van der Waals surface area contributed by atoms with Crippen LogP contribution in [0, 0.1) is 0 Å². The van der Waals surface area contributed by atoms with E-state index in [1.807, 2.05) is 12.1 Å². The fourth-order valence-corrected chi connectivity index (χ4v) is 3.22. The molecule has 0 aliphatic carbocycles. The molecule has 1 nitrogen and oxygen atoms in total. The van der Waals surface area contributed by atoms with Crippen LogP contribution in [0.15, 0.2) is 23.1 Å². The van der Waals surface area contributed by atoms with Gasteiger partial charge in [0.1, 0.15) is 5.75 Å². The highest BCUT2D eigenvalue weighted by Crippen LogP contribution is 2.39. The molecule has 74 valence electrons. The van der Waals surface area contributed by atoms with Gasteiger partial charge in [-0.15, -0.1) is 24.0 Å². The first-order valence-corrected chi connectivity index (χ1v) is 5.81. The van der Waals surface area contributed by atoms with Crippen molar-refractivity contribution in [3.05, 3.63) is 23.1 Å². The van der Waals surface area contributed by atoms with Crippen molar-refractivity contribution in [3.8, 4) is 5.75 Å². The van der Waals surface area contributed by atoms with Crippen molar-refractivity contribution in [2.24, 2.45) is 0 Å². The molecule has 2 rings (SSSR count). The van der Waals surface area contributed by atoms with Gasteiger partial charge >= 0.3 is 0 Å². The Labute approximate surface area is 93.1 Å². The standard InChI is InChI=1S/C11H12OS2/c1-3-9-10(13)7-5-4-6-8(12-2)11(7)14-9/h4-6,13H,3H2,1-2H3. The van der Waals surface area contributed by atoms with E-state index in [-0.39, 0.29) is 0 Å². The van der Waals surface area contributed by atoms with Crippen LogP contribution in [-0.2, 0) is 6.42 Å². The molecule has 0 aliphatic rings. The molecule has 1 heterocycles. The van der Waals surface area contributed by atoms with Crippen molar-refractivity contribution >= 4 is 34.1 Å². The van der Waals surface area contributed by atoms with Gasteiger partial charge in [-0.05, 0) is 12.5 Å². The minimum atomic E-state index is 0.947. The molecule has 0 unspecified atom stereocenters. The zero-order valence-corrected chi connectivity index (χ0v) is 9.91. The Morgan fingerprint density at radius 2 is 2.21 bits per heavy atom. The van der Waals surface area contributed by atoms with Crippen molar-refractivity contribution in [2.45, 2.75) is 18.2 Å². The molecule has 2 aromatic rings. The lowest BCUT2D eigenvalue weighted by Crippen LogP contribution is -1.80. The van der Waals surface area contributed by atoms with Crippen molar-refractivity contribution in [1.82, 2.24) is 0 Å². The Hall–Kier alpha value is -0.670. The molecular formula is C11H12OS2. The largest absolute Gasteiger partial charge is 0.495 e. The van der Waals surface area contributed by atoms with Gasteiger partial charge in [-0.2, -0.15) is 0 Å². The minimum absolute atomic E-state index is 0.947. The third-order valence-corrected chi connectivity index (χ3v) is 4.29. The summed E-state index contributed by atoms with van der Waals surface area (Å²) in [7, 11) is 1.71. The summed E-state index contributed by atoms with van der Waals surface area (Å²) < 4.78 is 6.52. The minimum Gasteiger partial charge on any atom is -0.495 e. The van der Waals surface area contributed by atoms with Crippen LogP contribution in [0.3, 0.4) is 0 Å². The summed E-state index contributed by atoms with van der Waals surface area (Å²) in [5.41, 5.74) is 0. The first kappa shape index (κ1) is 9.87. The van der Waals surface area contributed by atoms with E-state index in [2.05, 4.69) is 25.6 Å². The third kappa shape index (κ3) is 1.41. The average molecular weight is 224 g/mol. The average Bonchev–Trinajstić information content (AvgIpc) is 2.55. The van der Waals surface area contributed by atoms with Crippen LogP contribution in [0.25, 0.3) is 10.1 Å². The molecule has 0 radical (unpaired) electrons. The highest BCUT2D eigenvalue weighted by atomic mass is 32.1. The predicted octanol–water partition coefficient (Wildman–Crippen LogP) is 3.76. The van der Waals surface area contributed by atoms with E-state index < -0.39 is 0 Å². The zero-order chi connectivity index (χ0) is 10.1. The van der Waals surface area contributed by atoms with Gasteiger partial charge in [0.05, 0.1) is 11.8 Å². The number of fused-ring (bicyclic) bond motifs is 1. The van der Waals surface area contributed by atoms with Crippen LogP contribution in [0.5, 0.6) is 5.75 Å². The number of benzene rings is 1. The summed E-state index contributed by atoms with van der Waals surface area (Å²) in [5, 5.41) is 1.20. The summed E-state index contributed by atoms with van der Waals surface area (Å²) in [6.45, 7) is 2.15. The second-order valence-corrected chi connectivity index (χ2v) is 4.62. The molecule has 0 bridgehead atoms. The molecule has 14 heavy (non-hydrogen) atoms. The quantitative estimate of drug-likeness (QED) is 0.764. The summed E-state index contributed by atoms with van der Waals surface area (Å²) in [6.07, 6.45) is 1.03. The summed E-state index contributed by atoms with van der Waals surface area (Å²) >= 11 is 6.31. The molecule has 0 fully saturated rings. The van der Waals surface area contributed by atoms with Gasteiger partial charge in [0.25, 0.3) is 0 Å². The van der Waals surface area contributed by atoms with Gasteiger partial charge in [0, 0.05) is 15.2 Å². The van der Waals surface area contributed by atoms with Crippen molar-refractivity contribution in [2.75, 3.05) is 7.11 Å². The second-order valence-electron chi connectivity index (χ2n) is 3.06. The van der Waals surface area contributed by atoms with E-state index in [1.54, 1.807) is 18.4 Å². The number of aryl methyl sites for hydroxylation is 1. The lowest BCUT2D eigenvalue weighted by atomic mass is 10.2. The Balaban J connectivity index is 2.77. The van der Waals surface area contributed by atoms with E-state index in [0.29, 0.717) is 0 Å². The Morgan fingerprint density at radius 3 is 2.86 bits per heavy atom. The topological polar surface area (TPSA) is 9.23 Å². The molecule has 0 atom stereocenters. The fraction of sp³-hybridized carbons (Fsp3) is 0.273. The molecule has 1 aromatic heterocycles. The number of hydrogen-bond acceptors (Lipinski definition) is 3. The lowest BCUT2D eigenvalue weighted by Gasteiger charge is -1.99. The predicted molar refractivity (Wildman–Crippen MR) is 65.0 cm³/mol. The Kier molecular flexibility index (Phi) is 2.70. The summed E-state index contributed by atoms with van der Waals surface area (Å²) in [6, 6.07) is 6.09. The van der Waals surface area contributed by atoms with Crippen molar-refractivity contribution in [3.63, 3.8) is 0 Å². The highest BCUT2D eigenvalue weighted by Gasteiger charge is 2.10. The van der Waals surface area contributed by atoms with Crippen molar-refractivity contribution < 1.29 is 4.74 Å². The number of thiol groups is 1. The van der Waals surface area contributed by atoms with Gasteiger partial charge < -0.3 is 4.74 Å². The second kappa shape index (κ2) is 3.83. The van der Waals surface area contributed by atoms with Crippen LogP contribution in [0.1, 0.15) is 11.8 Å². The molecule has 0 spiro atoms. The maximum Gasteiger partial charge on any atom is 0.136 e. The van der Waals surface area contributed by atoms with Crippen LogP contribution >= 0.6 is 24.0 Å². The first-order valence-electron chi connectivity index (χ1n) is 4.55. The lowest BCUT2D eigenvalue weighted by molar-refractivity contribution is 0.420. The van der Waals surface area contributed by atoms with Crippen LogP contribution < -0.4 is 4.74 Å². The molecule has 0 amide bonds. The third-order valence-electron chi connectivity index (χ3n) is 2.26. The fourth-order valence-electron chi connectivity index (χ4n) is 1.53. The molecule has 0 saturated heterocycles. The van der Waals surface area contributed by atoms with Crippen LogP contribution in [0.4, 0.5) is 0 Å². The summed E-state index contributed by atoms with van der Waals surface area (Å²) in [5.74, 6) is 0.947. The number of thiophene rings is 1. The SMILES string of the molecule is CCc1sc2c(OC)cccc2c1S. The van der Waals surface area contributed by atoms with Crippen LogP contribution in [0.2, 0.25) is 0 Å². The van der Waals surface area contributed by atoms with E-state index in [4.69, 9.17) is 4.74 Å².